The van der Waals surface area contributed by atoms with Crippen LogP contribution in [0.25, 0.3) is 10.1 Å². The van der Waals surface area contributed by atoms with E-state index in [2.05, 4.69) is 23.2 Å². The number of nitrogens with zero attached hydrogens (tertiary/aromatic N) is 1. The summed E-state index contributed by atoms with van der Waals surface area (Å²) in [5.41, 5.74) is 6.95. The highest BCUT2D eigenvalue weighted by molar-refractivity contribution is 7.19. The zero-order valence-electron chi connectivity index (χ0n) is 10.4. The molecule has 0 amide bonds. The predicted octanol–water partition coefficient (Wildman–Crippen LogP) is 3.33. The number of ether oxygens (including phenoxy) is 1. The summed E-state index contributed by atoms with van der Waals surface area (Å²) in [7, 11) is 0. The lowest BCUT2D eigenvalue weighted by molar-refractivity contribution is 0.308. The van der Waals surface area contributed by atoms with Crippen LogP contribution in [0.3, 0.4) is 0 Å². The van der Waals surface area contributed by atoms with E-state index < -0.39 is 0 Å². The van der Waals surface area contributed by atoms with E-state index in [1.165, 1.54) is 20.5 Å². The number of benzene rings is 1. The highest BCUT2D eigenvalue weighted by Gasteiger charge is 2.06. The van der Waals surface area contributed by atoms with Gasteiger partial charge in [0.2, 0.25) is 0 Å². The van der Waals surface area contributed by atoms with E-state index in [1.807, 2.05) is 18.2 Å². The lowest BCUT2D eigenvalue weighted by Crippen LogP contribution is -1.95. The fraction of sp³-hybridized carbons (Fsp3) is 0.133. The Kier molecular flexibility index (Phi) is 3.44. The van der Waals surface area contributed by atoms with Crippen molar-refractivity contribution in [3.8, 4) is 5.75 Å². The Morgan fingerprint density at radius 2 is 2.16 bits per heavy atom. The van der Waals surface area contributed by atoms with Crippen LogP contribution in [0.4, 0.5) is 0 Å². The van der Waals surface area contributed by atoms with E-state index in [0.717, 1.165) is 5.75 Å². The molecular formula is C15H14N2OS. The second-order valence-corrected chi connectivity index (χ2v) is 5.37. The van der Waals surface area contributed by atoms with Gasteiger partial charge in [-0.2, -0.15) is 0 Å². The van der Waals surface area contributed by atoms with Crippen molar-refractivity contribution in [2.75, 3.05) is 0 Å². The molecule has 0 unspecified atom stereocenters. The van der Waals surface area contributed by atoms with Gasteiger partial charge in [-0.1, -0.05) is 18.2 Å². The van der Waals surface area contributed by atoms with Gasteiger partial charge in [-0.15, -0.1) is 11.3 Å². The highest BCUT2D eigenvalue weighted by Crippen LogP contribution is 2.29. The SMILES string of the molecule is NCc1cccc2cc(COc3cccnc3)sc12. The van der Waals surface area contributed by atoms with E-state index >= 15 is 0 Å². The first-order valence-electron chi connectivity index (χ1n) is 6.10. The number of rotatable bonds is 4. The lowest BCUT2D eigenvalue weighted by Gasteiger charge is -2.02. The molecule has 3 aromatic rings. The molecule has 3 rings (SSSR count). The van der Waals surface area contributed by atoms with Gasteiger partial charge in [0.15, 0.2) is 0 Å². The molecule has 1 aromatic carbocycles. The largest absolute Gasteiger partial charge is 0.486 e. The van der Waals surface area contributed by atoms with Crippen molar-refractivity contribution >= 4 is 21.4 Å². The van der Waals surface area contributed by atoms with Crippen LogP contribution >= 0.6 is 11.3 Å². The summed E-state index contributed by atoms with van der Waals surface area (Å²) in [5, 5.41) is 1.23. The quantitative estimate of drug-likeness (QED) is 0.791. The molecule has 0 saturated heterocycles. The van der Waals surface area contributed by atoms with Gasteiger partial charge in [-0.25, -0.2) is 0 Å². The van der Waals surface area contributed by atoms with Gasteiger partial charge in [0.25, 0.3) is 0 Å². The van der Waals surface area contributed by atoms with Crippen molar-refractivity contribution < 1.29 is 4.74 Å². The van der Waals surface area contributed by atoms with Crippen LogP contribution in [0.15, 0.2) is 48.8 Å². The Hall–Kier alpha value is -1.91. The zero-order chi connectivity index (χ0) is 13.1. The normalized spacial score (nSPS) is 10.8. The van der Waals surface area contributed by atoms with E-state index in [-0.39, 0.29) is 0 Å². The highest BCUT2D eigenvalue weighted by atomic mass is 32.1. The van der Waals surface area contributed by atoms with Crippen LogP contribution in [0.5, 0.6) is 5.75 Å². The van der Waals surface area contributed by atoms with Crippen molar-refractivity contribution in [2.45, 2.75) is 13.2 Å². The maximum absolute atomic E-state index is 5.76. The van der Waals surface area contributed by atoms with E-state index in [9.17, 15) is 0 Å². The molecule has 0 spiro atoms. The molecule has 0 fully saturated rings. The van der Waals surface area contributed by atoms with Gasteiger partial charge in [0.1, 0.15) is 12.4 Å². The summed E-state index contributed by atoms with van der Waals surface area (Å²) in [6, 6.07) is 12.2. The van der Waals surface area contributed by atoms with Crippen LogP contribution in [0.1, 0.15) is 10.4 Å². The van der Waals surface area contributed by atoms with Gasteiger partial charge in [-0.3, -0.25) is 4.98 Å². The first-order valence-corrected chi connectivity index (χ1v) is 6.91. The number of hydrogen-bond acceptors (Lipinski definition) is 4. The average molecular weight is 270 g/mol. The van der Waals surface area contributed by atoms with E-state index in [4.69, 9.17) is 10.5 Å². The summed E-state index contributed by atoms with van der Waals surface area (Å²) in [6.07, 6.45) is 3.46. The van der Waals surface area contributed by atoms with Gasteiger partial charge >= 0.3 is 0 Å². The molecule has 0 aliphatic carbocycles. The maximum atomic E-state index is 5.76. The minimum absolute atomic E-state index is 0.565. The summed E-state index contributed by atoms with van der Waals surface area (Å²) < 4.78 is 6.97. The second kappa shape index (κ2) is 5.38. The van der Waals surface area contributed by atoms with Crippen molar-refractivity contribution in [2.24, 2.45) is 5.73 Å². The molecule has 3 nitrogen and oxygen atoms in total. The smallest absolute Gasteiger partial charge is 0.138 e. The molecular weight excluding hydrogens is 256 g/mol. The monoisotopic (exact) mass is 270 g/mol. The molecule has 19 heavy (non-hydrogen) atoms. The molecule has 0 radical (unpaired) electrons. The van der Waals surface area contributed by atoms with Crippen molar-refractivity contribution in [1.29, 1.82) is 0 Å². The summed E-state index contributed by atoms with van der Waals surface area (Å²) in [6.45, 7) is 1.13. The molecule has 96 valence electrons. The number of fused-ring (bicyclic) bond motifs is 1. The molecule has 2 N–H and O–H groups in total. The van der Waals surface area contributed by atoms with Crippen molar-refractivity contribution in [1.82, 2.24) is 4.98 Å². The fourth-order valence-corrected chi connectivity index (χ4v) is 3.09. The minimum Gasteiger partial charge on any atom is -0.486 e. The molecule has 0 aliphatic heterocycles. The zero-order valence-corrected chi connectivity index (χ0v) is 11.2. The fourth-order valence-electron chi connectivity index (χ4n) is 2.00. The maximum Gasteiger partial charge on any atom is 0.138 e. The number of nitrogens with two attached hydrogens (primary N) is 1. The molecule has 4 heteroatoms. The van der Waals surface area contributed by atoms with Gasteiger partial charge < -0.3 is 10.5 Å². The van der Waals surface area contributed by atoms with Crippen LogP contribution in [-0.4, -0.2) is 4.98 Å². The third-order valence-electron chi connectivity index (χ3n) is 2.91. The van der Waals surface area contributed by atoms with Crippen molar-refractivity contribution in [3.63, 3.8) is 0 Å². The first kappa shape index (κ1) is 12.1. The van der Waals surface area contributed by atoms with Crippen LogP contribution in [-0.2, 0) is 13.2 Å². The Morgan fingerprint density at radius 3 is 2.95 bits per heavy atom. The van der Waals surface area contributed by atoms with Gasteiger partial charge in [-0.05, 0) is 29.1 Å². The molecule has 0 bridgehead atoms. The number of thiophene rings is 1. The van der Waals surface area contributed by atoms with Crippen LogP contribution in [0, 0.1) is 0 Å². The Morgan fingerprint density at radius 1 is 1.21 bits per heavy atom. The average Bonchev–Trinajstić information content (AvgIpc) is 2.89. The molecule has 0 aliphatic rings. The van der Waals surface area contributed by atoms with Gasteiger partial charge in [0, 0.05) is 22.3 Å². The molecule has 2 heterocycles. The topological polar surface area (TPSA) is 48.1 Å². The van der Waals surface area contributed by atoms with Crippen LogP contribution < -0.4 is 10.5 Å². The lowest BCUT2D eigenvalue weighted by atomic mass is 10.1. The first-order chi connectivity index (χ1) is 9.36. The third kappa shape index (κ3) is 2.59. The molecule has 0 saturated carbocycles. The molecule has 2 aromatic heterocycles. The number of hydrogen-bond donors (Lipinski definition) is 1. The number of pyridine rings is 1. The van der Waals surface area contributed by atoms with Crippen LogP contribution in [0.2, 0.25) is 0 Å². The Balaban J connectivity index is 1.82. The second-order valence-electron chi connectivity index (χ2n) is 4.23. The predicted molar refractivity (Wildman–Crippen MR) is 78.3 cm³/mol. The van der Waals surface area contributed by atoms with Crippen molar-refractivity contribution in [3.05, 3.63) is 59.2 Å². The number of aromatic nitrogens is 1. The van der Waals surface area contributed by atoms with E-state index in [0.29, 0.717) is 13.2 Å². The van der Waals surface area contributed by atoms with E-state index in [1.54, 1.807) is 23.7 Å². The Bertz CT molecular complexity index is 679. The standard InChI is InChI=1S/C15H14N2OS/c16-8-12-4-1-3-11-7-14(19-15(11)12)10-18-13-5-2-6-17-9-13/h1-7,9H,8,10,16H2. The third-order valence-corrected chi connectivity index (χ3v) is 4.11. The summed E-state index contributed by atoms with van der Waals surface area (Å²) >= 11 is 1.74. The van der Waals surface area contributed by atoms with Gasteiger partial charge in [0.05, 0.1) is 6.20 Å². The summed E-state index contributed by atoms with van der Waals surface area (Å²) in [5.74, 6) is 0.791. The minimum atomic E-state index is 0.565. The summed E-state index contributed by atoms with van der Waals surface area (Å²) in [4.78, 5) is 5.22. The Labute approximate surface area is 115 Å². The molecule has 0 atom stereocenters.